The van der Waals surface area contributed by atoms with Gasteiger partial charge in [0, 0.05) is 17.5 Å². The first-order valence-corrected chi connectivity index (χ1v) is 9.31. The maximum absolute atomic E-state index is 13.6. The third kappa shape index (κ3) is 5.07. The second-order valence-corrected chi connectivity index (χ2v) is 6.97. The van der Waals surface area contributed by atoms with E-state index in [-0.39, 0.29) is 30.0 Å². The molecule has 0 radical (unpaired) electrons. The molecule has 0 saturated carbocycles. The Morgan fingerprint density at radius 1 is 1.14 bits per heavy atom. The number of anilines is 1. The molecule has 1 aromatic heterocycles. The highest BCUT2D eigenvalue weighted by Gasteiger charge is 2.17. The average Bonchev–Trinajstić information content (AvgIpc) is 2.68. The Hall–Kier alpha value is -3.48. The maximum Gasteiger partial charge on any atom is 0.251 e. The summed E-state index contributed by atoms with van der Waals surface area (Å²) in [4.78, 5) is 39.4. The van der Waals surface area contributed by atoms with Gasteiger partial charge in [-0.3, -0.25) is 14.4 Å². The van der Waals surface area contributed by atoms with Crippen molar-refractivity contribution in [2.24, 2.45) is 0 Å². The van der Waals surface area contributed by atoms with Gasteiger partial charge in [-0.25, -0.2) is 4.39 Å². The molecule has 3 rings (SSSR count). The van der Waals surface area contributed by atoms with Crippen molar-refractivity contribution in [2.75, 3.05) is 5.32 Å². The molecule has 0 spiro atoms. The summed E-state index contributed by atoms with van der Waals surface area (Å²) in [5.41, 5.74) is 2.11. The monoisotopic (exact) mass is 395 g/mol. The van der Waals surface area contributed by atoms with Crippen LogP contribution in [0.2, 0.25) is 0 Å². The standard InChI is InChI=1S/C22H22FN3O3/c1-13-7-8-15-12-16(22(29)26-19(15)11-13)9-10-20(27)24-14(2)21(28)25-18-6-4-3-5-17(18)23/h3-8,11-12,14H,9-10H2,1-2H3,(H,24,27)(H,25,28)(H,26,29). The summed E-state index contributed by atoms with van der Waals surface area (Å²) in [7, 11) is 0. The molecule has 0 bridgehead atoms. The summed E-state index contributed by atoms with van der Waals surface area (Å²) in [6.45, 7) is 3.46. The Labute approximate surface area is 167 Å². The number of hydrogen-bond donors (Lipinski definition) is 3. The van der Waals surface area contributed by atoms with E-state index in [9.17, 15) is 18.8 Å². The largest absolute Gasteiger partial charge is 0.345 e. The second kappa shape index (κ2) is 8.68. The van der Waals surface area contributed by atoms with Crippen LogP contribution in [-0.4, -0.2) is 22.8 Å². The Bertz CT molecular complexity index is 1120. The molecule has 0 aliphatic carbocycles. The molecule has 29 heavy (non-hydrogen) atoms. The number of H-pyrrole nitrogens is 1. The Balaban J connectivity index is 1.58. The van der Waals surface area contributed by atoms with Crippen molar-refractivity contribution in [3.8, 4) is 0 Å². The van der Waals surface area contributed by atoms with E-state index >= 15 is 0 Å². The van der Waals surface area contributed by atoms with E-state index in [0.29, 0.717) is 5.56 Å². The van der Waals surface area contributed by atoms with Crippen LogP contribution < -0.4 is 16.2 Å². The van der Waals surface area contributed by atoms with Crippen molar-refractivity contribution >= 4 is 28.4 Å². The van der Waals surface area contributed by atoms with Crippen molar-refractivity contribution < 1.29 is 14.0 Å². The predicted octanol–water partition coefficient (Wildman–Crippen LogP) is 3.05. The molecule has 2 amide bonds. The van der Waals surface area contributed by atoms with Gasteiger partial charge in [-0.05, 0) is 55.5 Å². The number of para-hydroxylation sites is 1. The first kappa shape index (κ1) is 20.3. The molecule has 2 aromatic carbocycles. The number of aryl methyl sites for hydroxylation is 2. The molecule has 7 heteroatoms. The quantitative estimate of drug-likeness (QED) is 0.599. The van der Waals surface area contributed by atoms with E-state index in [1.807, 2.05) is 25.1 Å². The molecule has 3 N–H and O–H groups in total. The van der Waals surface area contributed by atoms with E-state index in [1.54, 1.807) is 12.1 Å². The lowest BCUT2D eigenvalue weighted by molar-refractivity contribution is -0.126. The van der Waals surface area contributed by atoms with Crippen LogP contribution in [0.15, 0.2) is 53.3 Å². The molecule has 1 heterocycles. The highest BCUT2D eigenvalue weighted by molar-refractivity contribution is 5.97. The number of fused-ring (bicyclic) bond motifs is 1. The van der Waals surface area contributed by atoms with Gasteiger partial charge in [0.05, 0.1) is 5.69 Å². The van der Waals surface area contributed by atoms with Gasteiger partial charge in [-0.15, -0.1) is 0 Å². The van der Waals surface area contributed by atoms with E-state index in [4.69, 9.17) is 0 Å². The Kier molecular flexibility index (Phi) is 6.07. The van der Waals surface area contributed by atoms with Gasteiger partial charge in [0.25, 0.3) is 5.56 Å². The summed E-state index contributed by atoms with van der Waals surface area (Å²) in [5, 5.41) is 5.90. The number of amides is 2. The lowest BCUT2D eigenvalue weighted by Gasteiger charge is -2.14. The van der Waals surface area contributed by atoms with Crippen LogP contribution >= 0.6 is 0 Å². The number of aromatic nitrogens is 1. The highest BCUT2D eigenvalue weighted by atomic mass is 19.1. The Morgan fingerprint density at radius 3 is 2.66 bits per heavy atom. The number of aromatic amines is 1. The van der Waals surface area contributed by atoms with Crippen molar-refractivity contribution in [1.29, 1.82) is 0 Å². The molecule has 3 aromatic rings. The summed E-state index contributed by atoms with van der Waals surface area (Å²) in [6.07, 6.45) is 0.296. The smallest absolute Gasteiger partial charge is 0.251 e. The zero-order chi connectivity index (χ0) is 21.0. The second-order valence-electron chi connectivity index (χ2n) is 6.97. The molecular weight excluding hydrogens is 373 g/mol. The van der Waals surface area contributed by atoms with Gasteiger partial charge >= 0.3 is 0 Å². The minimum atomic E-state index is -0.847. The molecule has 6 nitrogen and oxygen atoms in total. The summed E-state index contributed by atoms with van der Waals surface area (Å²) >= 11 is 0. The number of carbonyl (C=O) groups is 2. The average molecular weight is 395 g/mol. The molecular formula is C22H22FN3O3. The van der Waals surface area contributed by atoms with Crippen LogP contribution in [0.3, 0.4) is 0 Å². The number of benzene rings is 2. The lowest BCUT2D eigenvalue weighted by Crippen LogP contribution is -2.41. The lowest BCUT2D eigenvalue weighted by atomic mass is 10.1. The molecule has 0 aliphatic rings. The van der Waals surface area contributed by atoms with Gasteiger partial charge in [0.1, 0.15) is 11.9 Å². The van der Waals surface area contributed by atoms with Crippen molar-refractivity contribution in [3.05, 3.63) is 75.8 Å². The summed E-state index contributed by atoms with van der Waals surface area (Å²) in [6, 6.07) is 12.5. The number of rotatable bonds is 6. The minimum Gasteiger partial charge on any atom is -0.345 e. The molecule has 0 aliphatic heterocycles. The predicted molar refractivity (Wildman–Crippen MR) is 110 cm³/mol. The normalized spacial score (nSPS) is 11.8. The summed E-state index contributed by atoms with van der Waals surface area (Å²) in [5.74, 6) is -1.45. The van der Waals surface area contributed by atoms with Gasteiger partial charge < -0.3 is 15.6 Å². The van der Waals surface area contributed by atoms with Crippen molar-refractivity contribution in [1.82, 2.24) is 10.3 Å². The van der Waals surface area contributed by atoms with Crippen LogP contribution in [-0.2, 0) is 16.0 Å². The van der Waals surface area contributed by atoms with Gasteiger partial charge in [0.15, 0.2) is 0 Å². The van der Waals surface area contributed by atoms with Gasteiger partial charge in [-0.2, -0.15) is 0 Å². The fourth-order valence-corrected chi connectivity index (χ4v) is 2.98. The highest BCUT2D eigenvalue weighted by Crippen LogP contribution is 2.14. The first-order chi connectivity index (χ1) is 13.8. The van der Waals surface area contributed by atoms with E-state index in [1.165, 1.54) is 25.1 Å². The van der Waals surface area contributed by atoms with Crippen LogP contribution in [0.4, 0.5) is 10.1 Å². The fraction of sp³-hybridized carbons (Fsp3) is 0.227. The summed E-state index contributed by atoms with van der Waals surface area (Å²) < 4.78 is 13.6. The number of halogens is 1. The van der Waals surface area contributed by atoms with Crippen molar-refractivity contribution in [3.63, 3.8) is 0 Å². The number of nitrogens with one attached hydrogen (secondary N) is 3. The van der Waals surface area contributed by atoms with Crippen LogP contribution in [0.1, 0.15) is 24.5 Å². The molecule has 1 atom stereocenters. The van der Waals surface area contributed by atoms with E-state index in [2.05, 4.69) is 15.6 Å². The zero-order valence-corrected chi connectivity index (χ0v) is 16.2. The van der Waals surface area contributed by atoms with Crippen molar-refractivity contribution in [2.45, 2.75) is 32.7 Å². The third-order valence-electron chi connectivity index (χ3n) is 4.60. The number of pyridine rings is 1. The number of carbonyl (C=O) groups excluding carboxylic acids is 2. The topological polar surface area (TPSA) is 91.1 Å². The van der Waals surface area contributed by atoms with E-state index in [0.717, 1.165) is 16.5 Å². The van der Waals surface area contributed by atoms with E-state index < -0.39 is 17.8 Å². The fourth-order valence-electron chi connectivity index (χ4n) is 2.98. The maximum atomic E-state index is 13.6. The number of hydrogen-bond acceptors (Lipinski definition) is 3. The van der Waals surface area contributed by atoms with Crippen LogP contribution in [0.5, 0.6) is 0 Å². The SMILES string of the molecule is Cc1ccc2cc(CCC(=O)NC(C)C(=O)Nc3ccccc3F)c(=O)[nH]c2c1. The van der Waals surface area contributed by atoms with Crippen LogP contribution in [0.25, 0.3) is 10.9 Å². The molecule has 150 valence electrons. The Morgan fingerprint density at radius 2 is 1.90 bits per heavy atom. The minimum absolute atomic E-state index is 0.0523. The van der Waals surface area contributed by atoms with Gasteiger partial charge in [0.2, 0.25) is 11.8 Å². The third-order valence-corrected chi connectivity index (χ3v) is 4.60. The molecule has 0 fully saturated rings. The molecule has 1 unspecified atom stereocenters. The van der Waals surface area contributed by atoms with Crippen LogP contribution in [0, 0.1) is 12.7 Å². The first-order valence-electron chi connectivity index (χ1n) is 9.31. The molecule has 0 saturated heterocycles. The van der Waals surface area contributed by atoms with Gasteiger partial charge in [-0.1, -0.05) is 24.3 Å². The zero-order valence-electron chi connectivity index (χ0n) is 16.2.